The summed E-state index contributed by atoms with van der Waals surface area (Å²) in [6, 6.07) is 29.2. The predicted molar refractivity (Wildman–Crippen MR) is 138 cm³/mol. The average Bonchev–Trinajstić information content (AvgIpc) is 2.94. The smallest absolute Gasteiger partial charge is 0.150 e. The topological polar surface area (TPSA) is 69.7 Å². The highest BCUT2D eigenvalue weighted by molar-refractivity contribution is 7.99. The molecule has 0 amide bonds. The van der Waals surface area contributed by atoms with Crippen molar-refractivity contribution >= 4 is 35.1 Å². The van der Waals surface area contributed by atoms with E-state index in [1.165, 1.54) is 0 Å². The van der Waals surface area contributed by atoms with Gasteiger partial charge in [-0.1, -0.05) is 36.0 Å². The molecule has 0 aliphatic heterocycles. The molecule has 4 aromatic carbocycles. The van der Waals surface area contributed by atoms with Crippen LogP contribution in [0, 0.1) is 0 Å². The molecule has 0 radical (unpaired) electrons. The lowest BCUT2D eigenvalue weighted by atomic mass is 10.2. The molecule has 1 unspecified atom stereocenters. The van der Waals surface area contributed by atoms with E-state index >= 15 is 0 Å². The highest BCUT2D eigenvalue weighted by Gasteiger charge is 2.07. The van der Waals surface area contributed by atoms with Gasteiger partial charge in [-0.25, -0.2) is 4.21 Å². The third kappa shape index (κ3) is 7.67. The molecule has 0 saturated heterocycles. The van der Waals surface area contributed by atoms with Gasteiger partial charge in [0, 0.05) is 30.7 Å². The van der Waals surface area contributed by atoms with Gasteiger partial charge in [-0.15, -0.1) is 0 Å². The van der Waals surface area contributed by atoms with E-state index in [0.29, 0.717) is 20.9 Å². The van der Waals surface area contributed by atoms with Crippen molar-refractivity contribution in [3.63, 3.8) is 0 Å². The van der Waals surface area contributed by atoms with E-state index in [2.05, 4.69) is 0 Å². The zero-order valence-corrected chi connectivity index (χ0v) is 20.9. The number of benzene rings is 4. The first kappa shape index (κ1) is 25.9. The quantitative estimate of drug-likeness (QED) is 0.261. The van der Waals surface area contributed by atoms with Crippen LogP contribution in [0.25, 0.3) is 0 Å². The molecule has 0 spiro atoms. The predicted octanol–water partition coefficient (Wildman–Crippen LogP) is 6.33. The zero-order chi connectivity index (χ0) is 25.0. The first-order valence-electron chi connectivity index (χ1n) is 10.5. The van der Waals surface area contributed by atoms with Crippen molar-refractivity contribution < 1.29 is 23.3 Å². The van der Waals surface area contributed by atoms with Crippen molar-refractivity contribution in [3.05, 3.63) is 108 Å². The minimum Gasteiger partial charge on any atom is -0.497 e. The van der Waals surface area contributed by atoms with Crippen molar-refractivity contribution in [1.29, 1.82) is 0 Å². The third-order valence-corrected chi connectivity index (χ3v) is 7.23. The van der Waals surface area contributed by atoms with Crippen LogP contribution in [0.1, 0.15) is 20.7 Å². The van der Waals surface area contributed by atoms with Crippen molar-refractivity contribution in [2.24, 2.45) is 0 Å². The molecule has 1 atom stereocenters. The molecule has 0 aliphatic rings. The number of rotatable bonds is 8. The van der Waals surface area contributed by atoms with Crippen LogP contribution >= 0.6 is 11.8 Å². The number of carbonyl (C=O) groups excluding carboxylic acids is 2. The van der Waals surface area contributed by atoms with Crippen LogP contribution in [0.15, 0.2) is 117 Å². The molecule has 35 heavy (non-hydrogen) atoms. The van der Waals surface area contributed by atoms with E-state index < -0.39 is 10.8 Å². The van der Waals surface area contributed by atoms with Crippen LogP contribution in [0.3, 0.4) is 0 Å². The molecule has 0 aromatic heterocycles. The molecule has 0 N–H and O–H groups in total. The normalized spacial score (nSPS) is 10.9. The Morgan fingerprint density at radius 1 is 0.571 bits per heavy atom. The van der Waals surface area contributed by atoms with Gasteiger partial charge >= 0.3 is 0 Å². The second-order valence-corrected chi connectivity index (χ2v) is 9.72. The molecule has 5 nitrogen and oxygen atoms in total. The lowest BCUT2D eigenvalue weighted by Crippen LogP contribution is -1.93. The van der Waals surface area contributed by atoms with Gasteiger partial charge in [-0.05, 0) is 72.8 Å². The van der Waals surface area contributed by atoms with E-state index in [1.54, 1.807) is 74.5 Å². The molecular weight excluding hydrogens is 480 g/mol. The second kappa shape index (κ2) is 13.3. The molecule has 178 valence electrons. The first-order valence-corrected chi connectivity index (χ1v) is 12.5. The molecule has 4 rings (SSSR count). The summed E-state index contributed by atoms with van der Waals surface area (Å²) >= 11 is 1.65. The van der Waals surface area contributed by atoms with Gasteiger partial charge in [0.05, 0.1) is 25.0 Å². The first-order chi connectivity index (χ1) is 17.1. The van der Waals surface area contributed by atoms with Gasteiger partial charge < -0.3 is 9.47 Å². The van der Waals surface area contributed by atoms with Crippen LogP contribution in [0.4, 0.5) is 0 Å². The maximum absolute atomic E-state index is 12.2. The second-order valence-electron chi connectivity index (χ2n) is 7.10. The van der Waals surface area contributed by atoms with Crippen molar-refractivity contribution in [3.8, 4) is 11.5 Å². The summed E-state index contributed by atoms with van der Waals surface area (Å²) in [5.74, 6) is 1.58. The fourth-order valence-electron chi connectivity index (χ4n) is 2.90. The SMILES string of the molecule is COc1ccc(S(=O)c2ccc(C=O)cc2)cc1.COc1ccc(Sc2ccc(C=O)cc2)cc1. The minimum absolute atomic E-state index is 0.575. The summed E-state index contributed by atoms with van der Waals surface area (Å²) in [5, 5.41) is 0. The Kier molecular flexibility index (Phi) is 9.83. The molecule has 0 bridgehead atoms. The van der Waals surface area contributed by atoms with Crippen LogP contribution in [0.2, 0.25) is 0 Å². The number of hydrogen-bond acceptors (Lipinski definition) is 6. The summed E-state index contributed by atoms with van der Waals surface area (Å²) in [6.45, 7) is 0. The van der Waals surface area contributed by atoms with Crippen LogP contribution in [-0.4, -0.2) is 31.0 Å². The number of ether oxygens (including phenoxy) is 2. The Hall–Kier alpha value is -3.68. The molecule has 4 aromatic rings. The molecule has 0 saturated carbocycles. The maximum Gasteiger partial charge on any atom is 0.150 e. The highest BCUT2D eigenvalue weighted by Crippen LogP contribution is 2.29. The van der Waals surface area contributed by atoms with E-state index in [-0.39, 0.29) is 0 Å². The lowest BCUT2D eigenvalue weighted by molar-refractivity contribution is 0.111. The van der Waals surface area contributed by atoms with E-state index in [9.17, 15) is 13.8 Å². The van der Waals surface area contributed by atoms with Gasteiger partial charge in [-0.3, -0.25) is 9.59 Å². The average molecular weight is 505 g/mol. The van der Waals surface area contributed by atoms with Gasteiger partial charge in [-0.2, -0.15) is 0 Å². The summed E-state index contributed by atoms with van der Waals surface area (Å²) in [6.07, 6.45) is 1.61. The Morgan fingerprint density at radius 3 is 1.31 bits per heavy atom. The summed E-state index contributed by atoms with van der Waals surface area (Å²) in [4.78, 5) is 24.7. The number of hydrogen-bond donors (Lipinski definition) is 0. The van der Waals surface area contributed by atoms with Crippen molar-refractivity contribution in [2.75, 3.05) is 14.2 Å². The lowest BCUT2D eigenvalue weighted by Gasteiger charge is -2.04. The highest BCUT2D eigenvalue weighted by atomic mass is 32.2. The number of carbonyl (C=O) groups is 2. The number of methoxy groups -OCH3 is 2. The van der Waals surface area contributed by atoms with Crippen LogP contribution < -0.4 is 9.47 Å². The van der Waals surface area contributed by atoms with E-state index in [0.717, 1.165) is 33.9 Å². The van der Waals surface area contributed by atoms with Gasteiger partial charge in [0.25, 0.3) is 0 Å². The Morgan fingerprint density at radius 2 is 0.914 bits per heavy atom. The third-order valence-electron chi connectivity index (χ3n) is 4.82. The van der Waals surface area contributed by atoms with Gasteiger partial charge in [0.2, 0.25) is 0 Å². The molecule has 7 heteroatoms. The van der Waals surface area contributed by atoms with E-state index in [4.69, 9.17) is 9.47 Å². The molecule has 0 heterocycles. The largest absolute Gasteiger partial charge is 0.497 e. The molecule has 0 fully saturated rings. The standard InChI is InChI=1S/C14H12O3S.C14H12O2S/c1-17-12-4-8-14(9-5-12)18(16)13-6-2-11(10-15)3-7-13;1-16-12-4-8-14(9-5-12)17-13-6-2-11(10-15)3-7-13/h2-10H,1H3;2-10H,1H3. The van der Waals surface area contributed by atoms with Crippen LogP contribution in [0.5, 0.6) is 11.5 Å². The molecular formula is C28H24O5S2. The fraction of sp³-hybridized carbons (Fsp3) is 0.0714. The molecule has 0 aliphatic carbocycles. The van der Waals surface area contributed by atoms with Gasteiger partial charge in [0.1, 0.15) is 24.1 Å². The maximum atomic E-state index is 12.2. The van der Waals surface area contributed by atoms with Crippen molar-refractivity contribution in [1.82, 2.24) is 0 Å². The summed E-state index contributed by atoms with van der Waals surface area (Å²) in [7, 11) is 2.00. The number of aldehydes is 2. The Bertz CT molecular complexity index is 1250. The monoisotopic (exact) mass is 504 g/mol. The van der Waals surface area contributed by atoms with Crippen LogP contribution in [-0.2, 0) is 10.8 Å². The Labute approximate surface area is 211 Å². The minimum atomic E-state index is -1.24. The van der Waals surface area contributed by atoms with Crippen molar-refractivity contribution in [2.45, 2.75) is 19.6 Å². The Balaban J connectivity index is 0.000000196. The summed E-state index contributed by atoms with van der Waals surface area (Å²) < 4.78 is 22.4. The fourth-order valence-corrected chi connectivity index (χ4v) is 4.75. The summed E-state index contributed by atoms with van der Waals surface area (Å²) in [5.41, 5.74) is 1.27. The zero-order valence-electron chi connectivity index (χ0n) is 19.3. The van der Waals surface area contributed by atoms with Gasteiger partial charge in [0.15, 0.2) is 0 Å². The van der Waals surface area contributed by atoms with E-state index in [1.807, 2.05) is 48.5 Å².